The largest absolute Gasteiger partial charge is 0.147 e. The second-order valence-corrected chi connectivity index (χ2v) is 52.8. The Bertz CT molecular complexity index is 2130. The van der Waals surface area contributed by atoms with E-state index in [1.807, 2.05) is 11.1 Å². The minimum absolute atomic E-state index is 0. The number of fused-ring (bicyclic) bond motifs is 2. The molecule has 4 aromatic rings. The molecule has 0 radical (unpaired) electrons. The molecule has 346 valence electrons. The SMILES string of the molecule is CCCC1(CC2=Cc3c(-c4ccc(CC)cc4)cccc3[CH]2[Zr]([CH3])([CH3])(=[SiH2])[CH]2C(CC3(CCC)CCCCCCC3)=Cc3c(-c4ccc(CC)cc4)cccc32)CCCCCCC1.Cl.Cl. The van der Waals surface area contributed by atoms with Gasteiger partial charge in [0.15, 0.2) is 0 Å². The molecule has 0 bridgehead atoms. The van der Waals surface area contributed by atoms with Crippen LogP contribution in [0.5, 0.6) is 0 Å². The fourth-order valence-corrected chi connectivity index (χ4v) is 33.9. The van der Waals surface area contributed by atoms with Crippen LogP contribution in [-0.4, -0.2) is 6.88 Å². The molecule has 2 atom stereocenters. The van der Waals surface area contributed by atoms with Crippen molar-refractivity contribution in [1.82, 2.24) is 0 Å². The first-order chi connectivity index (χ1) is 30.0. The summed E-state index contributed by atoms with van der Waals surface area (Å²) in [6.07, 6.45) is 35.6. The average molecular weight is 996 g/mol. The monoisotopic (exact) mass is 992 g/mol. The first kappa shape index (κ1) is 51.4. The summed E-state index contributed by atoms with van der Waals surface area (Å²) < 4.78 is 6.99. The van der Waals surface area contributed by atoms with Crippen LogP contribution in [0.1, 0.15) is 197 Å². The van der Waals surface area contributed by atoms with Crippen molar-refractivity contribution in [1.29, 1.82) is 0 Å². The van der Waals surface area contributed by atoms with E-state index >= 15 is 0 Å². The van der Waals surface area contributed by atoms with E-state index in [0.717, 1.165) is 12.8 Å². The summed E-state index contributed by atoms with van der Waals surface area (Å²) in [6, 6.07) is 34.2. The van der Waals surface area contributed by atoms with Gasteiger partial charge in [0.2, 0.25) is 0 Å². The Morgan fingerprint density at radius 3 is 1.16 bits per heavy atom. The Morgan fingerprint density at radius 1 is 0.484 bits per heavy atom. The maximum absolute atomic E-state index is 4.03. The van der Waals surface area contributed by atoms with Gasteiger partial charge in [0.1, 0.15) is 0 Å². The third kappa shape index (κ3) is 10.7. The molecule has 4 aliphatic carbocycles. The first-order valence-electron chi connectivity index (χ1n) is 25.9. The van der Waals surface area contributed by atoms with E-state index in [9.17, 15) is 0 Å². The van der Waals surface area contributed by atoms with Crippen molar-refractivity contribution in [3.05, 3.63) is 129 Å². The fraction of sp³-hybridized carbons (Fsp3) is 0.533. The van der Waals surface area contributed by atoms with Crippen molar-refractivity contribution in [2.24, 2.45) is 10.8 Å². The van der Waals surface area contributed by atoms with E-state index in [1.165, 1.54) is 162 Å². The van der Waals surface area contributed by atoms with Crippen LogP contribution < -0.4 is 0 Å². The van der Waals surface area contributed by atoms with E-state index in [2.05, 4.69) is 141 Å². The Hall–Kier alpha value is -1.96. The number of halogens is 2. The molecule has 4 aliphatic rings. The Morgan fingerprint density at radius 2 is 0.828 bits per heavy atom. The van der Waals surface area contributed by atoms with Gasteiger partial charge in [-0.15, -0.1) is 24.8 Å². The van der Waals surface area contributed by atoms with Crippen molar-refractivity contribution in [2.45, 2.75) is 185 Å². The third-order valence-corrected chi connectivity index (χ3v) is 34.6. The van der Waals surface area contributed by atoms with Crippen LogP contribution in [-0.2, 0) is 30.2 Å². The maximum atomic E-state index is 2.96. The molecular formula is C60H84Cl2SiZr. The maximum Gasteiger partial charge on any atom is -0.147 e. The molecule has 2 fully saturated rings. The average Bonchev–Trinajstić information content (AvgIpc) is 3.83. The van der Waals surface area contributed by atoms with Gasteiger partial charge in [0.25, 0.3) is 0 Å². The molecule has 0 nitrogen and oxygen atoms in total. The van der Waals surface area contributed by atoms with Gasteiger partial charge in [0.05, 0.1) is 0 Å². The minimum Gasteiger partial charge on any atom is -0.147 e. The van der Waals surface area contributed by atoms with Gasteiger partial charge < -0.3 is 0 Å². The molecule has 0 spiro atoms. The molecule has 8 rings (SSSR count). The summed E-state index contributed by atoms with van der Waals surface area (Å²) in [6.45, 7) is 12.1. The molecule has 0 heterocycles. The summed E-state index contributed by atoms with van der Waals surface area (Å²) in [4.78, 5) is 0. The first-order valence-corrected chi connectivity index (χ1v) is 39.6. The van der Waals surface area contributed by atoms with Gasteiger partial charge in [-0.3, -0.25) is 0 Å². The molecule has 0 aliphatic heterocycles. The molecule has 0 N–H and O–H groups in total. The quantitative estimate of drug-likeness (QED) is 0.110. The van der Waals surface area contributed by atoms with Gasteiger partial charge in [-0.25, -0.2) is 0 Å². The molecule has 2 saturated carbocycles. The van der Waals surface area contributed by atoms with Crippen LogP contribution in [0.25, 0.3) is 34.4 Å². The Balaban J connectivity index is 0.00000340. The molecule has 0 aromatic heterocycles. The molecular weight excluding hydrogens is 911 g/mol. The van der Waals surface area contributed by atoms with E-state index in [0.29, 0.717) is 18.1 Å². The van der Waals surface area contributed by atoms with Crippen molar-refractivity contribution in [3.63, 3.8) is 0 Å². The minimum atomic E-state index is -4.03. The number of aryl methyl sites for hydroxylation is 2. The molecule has 4 aromatic carbocycles. The van der Waals surface area contributed by atoms with Crippen LogP contribution >= 0.6 is 24.8 Å². The smallest absolute Gasteiger partial charge is 0.147 e. The fourth-order valence-electron chi connectivity index (χ4n) is 14.3. The van der Waals surface area contributed by atoms with Crippen molar-refractivity contribution in [2.75, 3.05) is 0 Å². The van der Waals surface area contributed by atoms with Crippen molar-refractivity contribution in [3.8, 4) is 22.3 Å². The molecule has 64 heavy (non-hydrogen) atoms. The Labute approximate surface area is 406 Å². The molecule has 0 amide bonds. The van der Waals surface area contributed by atoms with Crippen LogP contribution in [0.15, 0.2) is 96.1 Å². The Kier molecular flexibility index (Phi) is 17.7. The van der Waals surface area contributed by atoms with Crippen LogP contribution in [0, 0.1) is 10.8 Å². The van der Waals surface area contributed by atoms with Crippen LogP contribution in [0.4, 0.5) is 0 Å². The second-order valence-electron chi connectivity index (χ2n) is 22.3. The van der Waals surface area contributed by atoms with Gasteiger partial charge in [0, 0.05) is 0 Å². The van der Waals surface area contributed by atoms with Gasteiger partial charge in [-0.2, -0.15) is 0 Å². The van der Waals surface area contributed by atoms with Crippen LogP contribution in [0.2, 0.25) is 9.26 Å². The standard InChI is InChI=1S/2C29H37.2CH3.2ClH.H2Si.Zr/c2*1-3-17-29(18-8-6-5-7-9-19-29)22-24-20-26-11-10-12-27(28(26)21-24)25-15-13-23(4-2)14-16-25;;;;;;/h2*10-16,20-21H,3-9,17-19,22H2,1-2H3;2*1H3;2*1H;1H2;. The predicted octanol–water partition coefficient (Wildman–Crippen LogP) is 18.7. The van der Waals surface area contributed by atoms with Gasteiger partial charge in [-0.1, -0.05) is 0 Å². The van der Waals surface area contributed by atoms with E-state index < -0.39 is 17.4 Å². The summed E-state index contributed by atoms with van der Waals surface area (Å²) >= 11 is -4.03. The summed E-state index contributed by atoms with van der Waals surface area (Å²) in [5.74, 6) is 0. The number of hydrogen-bond donors (Lipinski definition) is 0. The van der Waals surface area contributed by atoms with Crippen molar-refractivity contribution < 1.29 is 17.4 Å². The predicted molar refractivity (Wildman–Crippen MR) is 287 cm³/mol. The number of hydrogen-bond acceptors (Lipinski definition) is 0. The zero-order valence-corrected chi connectivity index (χ0v) is 46.5. The van der Waals surface area contributed by atoms with Crippen LogP contribution in [0.3, 0.4) is 0 Å². The summed E-state index contributed by atoms with van der Waals surface area (Å²) in [7, 11) is 0. The summed E-state index contributed by atoms with van der Waals surface area (Å²) in [5, 5.41) is 0. The van der Waals surface area contributed by atoms with Crippen molar-refractivity contribution >= 4 is 43.8 Å². The zero-order valence-electron chi connectivity index (χ0n) is 41.0. The number of rotatable bonds is 14. The second kappa shape index (κ2) is 22.0. The van der Waals surface area contributed by atoms with E-state index in [4.69, 9.17) is 0 Å². The van der Waals surface area contributed by atoms with Gasteiger partial charge in [-0.05, 0) is 0 Å². The molecule has 2 unspecified atom stereocenters. The van der Waals surface area contributed by atoms with E-state index in [-0.39, 0.29) is 24.8 Å². The molecule has 0 saturated heterocycles. The zero-order chi connectivity index (χ0) is 43.4. The summed E-state index contributed by atoms with van der Waals surface area (Å²) in [5.41, 5.74) is 19.5. The third-order valence-electron chi connectivity index (χ3n) is 17.1. The normalized spacial score (nSPS) is 20.8. The van der Waals surface area contributed by atoms with Gasteiger partial charge >= 0.3 is 384 Å². The topological polar surface area (TPSA) is 0 Å². The number of benzene rings is 4. The molecule has 4 heteroatoms. The van der Waals surface area contributed by atoms with E-state index in [1.54, 1.807) is 22.3 Å². The number of allylic oxidation sites excluding steroid dienone is 2.